The smallest absolute Gasteiger partial charge is 0.406 e. The number of carbonyl (C=O) groups excluding carboxylic acids is 1. The molecule has 0 spiro atoms. The largest absolute Gasteiger partial charge is 0.414 e. The normalized spacial score (nSPS) is 11.1. The molecule has 0 aromatic heterocycles. The second-order valence-corrected chi connectivity index (χ2v) is 2.86. The SMILES string of the molecule is O=C(Cl)OC(Cl)(Cl)CO. The average Bonchev–Trinajstić information content (AvgIpc) is 1.63. The summed E-state index contributed by atoms with van der Waals surface area (Å²) in [5.74, 6) is 0. The van der Waals surface area contributed by atoms with Gasteiger partial charge in [0.2, 0.25) is 0 Å². The van der Waals surface area contributed by atoms with Crippen LogP contribution in [0.2, 0.25) is 0 Å². The van der Waals surface area contributed by atoms with Gasteiger partial charge in [0.1, 0.15) is 6.61 Å². The zero-order chi connectivity index (χ0) is 7.49. The van der Waals surface area contributed by atoms with Gasteiger partial charge in [-0.05, 0) is 0 Å². The minimum Gasteiger partial charge on any atom is -0.414 e. The lowest BCUT2D eigenvalue weighted by Crippen LogP contribution is -2.23. The maximum Gasteiger partial charge on any atom is 0.406 e. The third kappa shape index (κ3) is 4.78. The highest BCUT2D eigenvalue weighted by molar-refractivity contribution is 6.62. The Morgan fingerprint density at radius 3 is 2.22 bits per heavy atom. The zero-order valence-corrected chi connectivity index (χ0v) is 6.37. The van der Waals surface area contributed by atoms with Gasteiger partial charge in [-0.2, -0.15) is 0 Å². The van der Waals surface area contributed by atoms with Crippen molar-refractivity contribution < 1.29 is 14.6 Å². The van der Waals surface area contributed by atoms with Gasteiger partial charge in [0, 0.05) is 11.6 Å². The molecular formula is C3H3Cl3O3. The Morgan fingerprint density at radius 2 is 2.11 bits per heavy atom. The molecule has 54 valence electrons. The first-order valence-electron chi connectivity index (χ1n) is 1.85. The first-order chi connectivity index (χ1) is 3.98. The molecule has 0 radical (unpaired) electrons. The van der Waals surface area contributed by atoms with Crippen LogP contribution < -0.4 is 0 Å². The van der Waals surface area contributed by atoms with E-state index in [0.29, 0.717) is 0 Å². The summed E-state index contributed by atoms with van der Waals surface area (Å²) < 4.78 is 2.08. The Kier molecular flexibility index (Phi) is 3.58. The predicted molar refractivity (Wildman–Crippen MR) is 33.9 cm³/mol. The summed E-state index contributed by atoms with van der Waals surface area (Å²) in [6.45, 7) is -0.700. The van der Waals surface area contributed by atoms with Crippen LogP contribution in [-0.2, 0) is 4.74 Å². The van der Waals surface area contributed by atoms with E-state index in [-0.39, 0.29) is 0 Å². The number of halogens is 3. The summed E-state index contributed by atoms with van der Waals surface area (Å²) in [5.41, 5.74) is -1.16. The molecule has 6 heteroatoms. The molecule has 1 N–H and O–H groups in total. The van der Waals surface area contributed by atoms with E-state index in [0.717, 1.165) is 0 Å². The highest BCUT2D eigenvalue weighted by Gasteiger charge is 2.26. The van der Waals surface area contributed by atoms with Crippen LogP contribution >= 0.6 is 34.8 Å². The van der Waals surface area contributed by atoms with Crippen molar-refractivity contribution in [1.82, 2.24) is 0 Å². The maximum atomic E-state index is 9.88. The minimum atomic E-state index is -1.92. The Hall–Kier alpha value is 0.300. The Bertz CT molecular complexity index is 113. The zero-order valence-electron chi connectivity index (χ0n) is 4.10. The quantitative estimate of drug-likeness (QED) is 0.534. The maximum absolute atomic E-state index is 9.88. The number of aliphatic hydroxyl groups is 1. The second kappa shape index (κ2) is 3.46. The van der Waals surface area contributed by atoms with Crippen LogP contribution in [0.4, 0.5) is 4.79 Å². The highest BCUT2D eigenvalue weighted by Crippen LogP contribution is 2.22. The van der Waals surface area contributed by atoms with Crippen molar-refractivity contribution in [3.05, 3.63) is 0 Å². The number of rotatable bonds is 2. The molecule has 0 bridgehead atoms. The van der Waals surface area contributed by atoms with Crippen LogP contribution in [0, 0.1) is 0 Å². The molecule has 0 heterocycles. The molecule has 0 aliphatic heterocycles. The van der Waals surface area contributed by atoms with Crippen molar-refractivity contribution in [3.8, 4) is 0 Å². The standard InChI is InChI=1S/C3H3Cl3O3/c4-2(8)9-3(5,6)1-7/h7H,1H2. The molecule has 0 rings (SSSR count). The molecule has 0 fully saturated rings. The number of aliphatic hydroxyl groups excluding tert-OH is 1. The van der Waals surface area contributed by atoms with E-state index in [9.17, 15) is 4.79 Å². The van der Waals surface area contributed by atoms with Crippen molar-refractivity contribution in [2.75, 3.05) is 6.61 Å². The average molecular weight is 193 g/mol. The van der Waals surface area contributed by atoms with Gasteiger partial charge in [0.05, 0.1) is 0 Å². The Morgan fingerprint density at radius 1 is 1.67 bits per heavy atom. The molecule has 0 saturated heterocycles. The Labute approximate surface area is 66.4 Å². The molecule has 0 atom stereocenters. The van der Waals surface area contributed by atoms with E-state index in [1.165, 1.54) is 0 Å². The molecule has 0 unspecified atom stereocenters. The number of hydrogen-bond acceptors (Lipinski definition) is 3. The molecule has 0 amide bonds. The predicted octanol–water partition coefficient (Wildman–Crippen LogP) is 1.49. The fourth-order valence-corrected chi connectivity index (χ4v) is 0.501. The first-order valence-corrected chi connectivity index (χ1v) is 2.98. The van der Waals surface area contributed by atoms with E-state index in [4.69, 9.17) is 39.9 Å². The third-order valence-electron chi connectivity index (χ3n) is 0.414. The molecule has 0 aromatic carbocycles. The van der Waals surface area contributed by atoms with Gasteiger partial charge in [-0.1, -0.05) is 23.2 Å². The van der Waals surface area contributed by atoms with Crippen molar-refractivity contribution in [1.29, 1.82) is 0 Å². The van der Waals surface area contributed by atoms with Crippen LogP contribution in [0.1, 0.15) is 0 Å². The van der Waals surface area contributed by atoms with Gasteiger partial charge in [-0.25, -0.2) is 4.79 Å². The van der Waals surface area contributed by atoms with E-state index in [1.54, 1.807) is 0 Å². The topological polar surface area (TPSA) is 46.5 Å². The number of ether oxygens (including phenoxy) is 1. The lowest BCUT2D eigenvalue weighted by atomic mass is 10.8. The van der Waals surface area contributed by atoms with Gasteiger partial charge in [-0.3, -0.25) is 0 Å². The summed E-state index contributed by atoms with van der Waals surface area (Å²) in [5, 5.41) is 8.24. The van der Waals surface area contributed by atoms with Gasteiger partial charge < -0.3 is 9.84 Å². The van der Waals surface area contributed by atoms with Crippen LogP contribution in [0.3, 0.4) is 0 Å². The highest BCUT2D eigenvalue weighted by atomic mass is 35.5. The summed E-state index contributed by atoms with van der Waals surface area (Å²) in [4.78, 5) is 9.88. The van der Waals surface area contributed by atoms with Crippen LogP contribution in [0.5, 0.6) is 0 Å². The third-order valence-corrected chi connectivity index (χ3v) is 0.884. The molecule has 0 aromatic rings. The fraction of sp³-hybridized carbons (Fsp3) is 0.667. The first kappa shape index (κ1) is 9.30. The molecule has 3 nitrogen and oxygen atoms in total. The molecule has 0 saturated carbocycles. The monoisotopic (exact) mass is 192 g/mol. The van der Waals surface area contributed by atoms with E-state index >= 15 is 0 Å². The second-order valence-electron chi connectivity index (χ2n) is 1.14. The van der Waals surface area contributed by atoms with Crippen molar-refractivity contribution in [2.45, 2.75) is 4.52 Å². The van der Waals surface area contributed by atoms with Gasteiger partial charge in [0.15, 0.2) is 0 Å². The molecular weight excluding hydrogens is 190 g/mol. The lowest BCUT2D eigenvalue weighted by Gasteiger charge is -2.13. The van der Waals surface area contributed by atoms with E-state index < -0.39 is 16.6 Å². The molecule has 0 aliphatic rings. The lowest BCUT2D eigenvalue weighted by molar-refractivity contribution is 0.0954. The van der Waals surface area contributed by atoms with Gasteiger partial charge in [-0.15, -0.1) is 0 Å². The summed E-state index contributed by atoms with van der Waals surface area (Å²) in [7, 11) is 0. The molecule has 9 heavy (non-hydrogen) atoms. The number of alkyl halides is 2. The fourth-order valence-electron chi connectivity index (χ4n) is 0.150. The van der Waals surface area contributed by atoms with Crippen LogP contribution in [0.25, 0.3) is 0 Å². The van der Waals surface area contributed by atoms with Gasteiger partial charge in [0.25, 0.3) is 4.52 Å². The van der Waals surface area contributed by atoms with Crippen LogP contribution in [-0.4, -0.2) is 21.7 Å². The minimum absolute atomic E-state index is 0.700. The summed E-state index contributed by atoms with van der Waals surface area (Å²) in [6.07, 6.45) is 0. The van der Waals surface area contributed by atoms with Crippen molar-refractivity contribution in [2.24, 2.45) is 0 Å². The Balaban J connectivity index is 3.71. The number of hydrogen-bond donors (Lipinski definition) is 1. The summed E-state index contributed by atoms with van der Waals surface area (Å²) in [6, 6.07) is 0. The summed E-state index contributed by atoms with van der Waals surface area (Å²) >= 11 is 14.9. The van der Waals surface area contributed by atoms with Crippen molar-refractivity contribution in [3.63, 3.8) is 0 Å². The van der Waals surface area contributed by atoms with Crippen LogP contribution in [0.15, 0.2) is 0 Å². The van der Waals surface area contributed by atoms with E-state index in [1.807, 2.05) is 0 Å². The van der Waals surface area contributed by atoms with Gasteiger partial charge >= 0.3 is 5.43 Å². The van der Waals surface area contributed by atoms with E-state index in [2.05, 4.69) is 4.74 Å². The molecule has 0 aliphatic carbocycles. The number of carbonyl (C=O) groups is 1. The van der Waals surface area contributed by atoms with Crippen molar-refractivity contribution >= 4 is 40.2 Å².